The fraction of sp³-hybridized carbons (Fsp3) is 0.188. The second-order valence-corrected chi connectivity index (χ2v) is 4.69. The molecule has 19 heavy (non-hydrogen) atoms. The van der Waals surface area contributed by atoms with Crippen molar-refractivity contribution in [1.82, 2.24) is 0 Å². The largest absolute Gasteiger partial charge is 0.399 e. The van der Waals surface area contributed by atoms with Gasteiger partial charge in [-0.2, -0.15) is 0 Å². The van der Waals surface area contributed by atoms with Crippen molar-refractivity contribution in [2.24, 2.45) is 0 Å². The summed E-state index contributed by atoms with van der Waals surface area (Å²) in [6.07, 6.45) is 0.457. The first-order chi connectivity index (χ1) is 9.15. The summed E-state index contributed by atoms with van der Waals surface area (Å²) >= 11 is 0. The zero-order valence-corrected chi connectivity index (χ0v) is 11.0. The van der Waals surface area contributed by atoms with Gasteiger partial charge in [-0.3, -0.25) is 4.79 Å². The molecular formula is C16H18N2O. The van der Waals surface area contributed by atoms with Crippen LogP contribution in [-0.2, 0) is 4.79 Å². The molecule has 0 saturated carbocycles. The highest BCUT2D eigenvalue weighted by Gasteiger charge is 2.11. The van der Waals surface area contributed by atoms with Crippen LogP contribution in [0.5, 0.6) is 0 Å². The van der Waals surface area contributed by atoms with Crippen molar-refractivity contribution in [2.75, 3.05) is 11.1 Å². The number of carbonyl (C=O) groups excluding carboxylic acids is 1. The Balaban J connectivity index is 1.93. The van der Waals surface area contributed by atoms with E-state index in [0.29, 0.717) is 6.42 Å². The normalized spacial score (nSPS) is 11.8. The molecule has 1 unspecified atom stereocenters. The van der Waals surface area contributed by atoms with Gasteiger partial charge in [0.05, 0.1) is 0 Å². The summed E-state index contributed by atoms with van der Waals surface area (Å²) in [4.78, 5) is 11.9. The Kier molecular flexibility index (Phi) is 4.18. The molecule has 0 aliphatic rings. The Morgan fingerprint density at radius 2 is 1.74 bits per heavy atom. The third kappa shape index (κ3) is 3.85. The second kappa shape index (κ2) is 6.05. The molecule has 98 valence electrons. The molecule has 0 heterocycles. The summed E-state index contributed by atoms with van der Waals surface area (Å²) < 4.78 is 0. The Bertz CT molecular complexity index is 534. The Labute approximate surface area is 113 Å². The minimum absolute atomic E-state index is 0.0236. The summed E-state index contributed by atoms with van der Waals surface area (Å²) in [5.41, 5.74) is 8.34. The topological polar surface area (TPSA) is 55.1 Å². The van der Waals surface area contributed by atoms with Gasteiger partial charge in [-0.1, -0.05) is 37.3 Å². The van der Waals surface area contributed by atoms with Crippen LogP contribution < -0.4 is 11.1 Å². The van der Waals surface area contributed by atoms with E-state index in [-0.39, 0.29) is 11.8 Å². The number of para-hydroxylation sites is 1. The lowest BCUT2D eigenvalue weighted by Gasteiger charge is -2.12. The van der Waals surface area contributed by atoms with E-state index in [4.69, 9.17) is 5.73 Å². The number of hydrogen-bond acceptors (Lipinski definition) is 2. The number of carbonyl (C=O) groups is 1. The molecule has 0 saturated heterocycles. The molecule has 0 aliphatic carbocycles. The summed E-state index contributed by atoms with van der Waals surface area (Å²) in [5, 5.41) is 2.89. The zero-order chi connectivity index (χ0) is 13.7. The molecule has 3 heteroatoms. The number of hydrogen-bond donors (Lipinski definition) is 2. The lowest BCUT2D eigenvalue weighted by Crippen LogP contribution is -2.14. The number of anilines is 2. The van der Waals surface area contributed by atoms with E-state index in [2.05, 4.69) is 5.32 Å². The second-order valence-electron chi connectivity index (χ2n) is 4.69. The standard InChI is InChI=1S/C16H18N2O/c1-12(13-7-9-14(17)10-8-13)11-16(19)18-15-5-3-2-4-6-15/h2-10,12H,11,17H2,1H3,(H,18,19). The summed E-state index contributed by atoms with van der Waals surface area (Å²) in [5.74, 6) is 0.194. The van der Waals surface area contributed by atoms with Crippen molar-refractivity contribution in [3.05, 3.63) is 60.2 Å². The summed E-state index contributed by atoms with van der Waals surface area (Å²) in [7, 11) is 0. The number of nitrogens with one attached hydrogen (secondary N) is 1. The van der Waals surface area contributed by atoms with Crippen LogP contribution >= 0.6 is 0 Å². The van der Waals surface area contributed by atoms with E-state index < -0.39 is 0 Å². The maximum atomic E-state index is 11.9. The smallest absolute Gasteiger partial charge is 0.224 e. The average molecular weight is 254 g/mol. The summed E-state index contributed by atoms with van der Waals surface area (Å²) in [6, 6.07) is 17.1. The number of nitrogen functional groups attached to an aromatic ring is 1. The van der Waals surface area contributed by atoms with E-state index in [1.165, 1.54) is 0 Å². The van der Waals surface area contributed by atoms with Gasteiger partial charge in [0.25, 0.3) is 0 Å². The Hall–Kier alpha value is -2.29. The predicted octanol–water partition coefficient (Wildman–Crippen LogP) is 3.40. The molecule has 1 atom stereocenters. The van der Waals surface area contributed by atoms with Crippen LogP contribution in [0.1, 0.15) is 24.8 Å². The molecule has 0 aliphatic heterocycles. The van der Waals surface area contributed by atoms with Gasteiger partial charge in [-0.05, 0) is 35.7 Å². The van der Waals surface area contributed by atoms with Gasteiger partial charge in [0.1, 0.15) is 0 Å². The maximum Gasteiger partial charge on any atom is 0.224 e. The van der Waals surface area contributed by atoms with Gasteiger partial charge in [0.15, 0.2) is 0 Å². The van der Waals surface area contributed by atoms with Crippen LogP contribution in [0.2, 0.25) is 0 Å². The average Bonchev–Trinajstić information content (AvgIpc) is 2.40. The molecular weight excluding hydrogens is 236 g/mol. The van der Waals surface area contributed by atoms with Gasteiger partial charge in [0.2, 0.25) is 5.91 Å². The minimum Gasteiger partial charge on any atom is -0.399 e. The van der Waals surface area contributed by atoms with Gasteiger partial charge in [-0.25, -0.2) is 0 Å². The molecule has 2 aromatic rings. The molecule has 0 fully saturated rings. The van der Waals surface area contributed by atoms with Gasteiger partial charge < -0.3 is 11.1 Å². The zero-order valence-electron chi connectivity index (χ0n) is 11.0. The molecule has 2 rings (SSSR count). The van der Waals surface area contributed by atoms with E-state index in [1.54, 1.807) is 0 Å². The molecule has 0 bridgehead atoms. The highest BCUT2D eigenvalue weighted by molar-refractivity contribution is 5.91. The van der Waals surface area contributed by atoms with E-state index in [0.717, 1.165) is 16.9 Å². The van der Waals surface area contributed by atoms with Crippen LogP contribution in [0.25, 0.3) is 0 Å². The minimum atomic E-state index is 0.0236. The quantitative estimate of drug-likeness (QED) is 0.821. The highest BCUT2D eigenvalue weighted by Crippen LogP contribution is 2.20. The van der Waals surface area contributed by atoms with Crippen LogP contribution in [0.15, 0.2) is 54.6 Å². The molecule has 0 aromatic heterocycles. The first-order valence-corrected chi connectivity index (χ1v) is 6.35. The lowest BCUT2D eigenvalue weighted by atomic mass is 9.97. The van der Waals surface area contributed by atoms with Crippen LogP contribution in [0.4, 0.5) is 11.4 Å². The van der Waals surface area contributed by atoms with Crippen molar-refractivity contribution in [3.63, 3.8) is 0 Å². The summed E-state index contributed by atoms with van der Waals surface area (Å²) in [6.45, 7) is 2.04. The molecule has 2 aromatic carbocycles. The van der Waals surface area contributed by atoms with E-state index in [1.807, 2.05) is 61.5 Å². The number of benzene rings is 2. The number of rotatable bonds is 4. The van der Waals surface area contributed by atoms with E-state index in [9.17, 15) is 4.79 Å². The molecule has 3 N–H and O–H groups in total. The molecule has 3 nitrogen and oxygen atoms in total. The Morgan fingerprint density at radius 1 is 1.11 bits per heavy atom. The maximum absolute atomic E-state index is 11.9. The van der Waals surface area contributed by atoms with Crippen LogP contribution in [-0.4, -0.2) is 5.91 Å². The lowest BCUT2D eigenvalue weighted by molar-refractivity contribution is -0.116. The monoisotopic (exact) mass is 254 g/mol. The van der Waals surface area contributed by atoms with Crippen molar-refractivity contribution in [3.8, 4) is 0 Å². The van der Waals surface area contributed by atoms with Gasteiger partial charge in [0, 0.05) is 17.8 Å². The molecule has 1 amide bonds. The third-order valence-electron chi connectivity index (χ3n) is 3.05. The highest BCUT2D eigenvalue weighted by atomic mass is 16.1. The number of amides is 1. The first kappa shape index (κ1) is 13.1. The van der Waals surface area contributed by atoms with Crippen LogP contribution in [0.3, 0.4) is 0 Å². The van der Waals surface area contributed by atoms with Crippen molar-refractivity contribution in [1.29, 1.82) is 0 Å². The van der Waals surface area contributed by atoms with Crippen molar-refractivity contribution in [2.45, 2.75) is 19.3 Å². The first-order valence-electron chi connectivity index (χ1n) is 6.35. The van der Waals surface area contributed by atoms with Gasteiger partial charge >= 0.3 is 0 Å². The third-order valence-corrected chi connectivity index (χ3v) is 3.05. The van der Waals surface area contributed by atoms with E-state index >= 15 is 0 Å². The molecule has 0 spiro atoms. The SMILES string of the molecule is CC(CC(=O)Nc1ccccc1)c1ccc(N)cc1. The molecule has 0 radical (unpaired) electrons. The number of nitrogens with two attached hydrogens (primary N) is 1. The van der Waals surface area contributed by atoms with Crippen molar-refractivity contribution < 1.29 is 4.79 Å². The van der Waals surface area contributed by atoms with Crippen molar-refractivity contribution >= 4 is 17.3 Å². The van der Waals surface area contributed by atoms with Crippen LogP contribution in [0, 0.1) is 0 Å². The predicted molar refractivity (Wildman–Crippen MR) is 79.0 cm³/mol. The Morgan fingerprint density at radius 3 is 2.37 bits per heavy atom. The fourth-order valence-corrected chi connectivity index (χ4v) is 1.95. The fourth-order valence-electron chi connectivity index (χ4n) is 1.95. The van der Waals surface area contributed by atoms with Gasteiger partial charge in [-0.15, -0.1) is 0 Å².